The van der Waals surface area contributed by atoms with E-state index in [1.165, 1.54) is 5.56 Å². The molecule has 0 unspecified atom stereocenters. The van der Waals surface area contributed by atoms with Crippen molar-refractivity contribution < 1.29 is 9.90 Å². The molecular weight excluding hydrogens is 226 g/mol. The predicted octanol–water partition coefficient (Wildman–Crippen LogP) is 2.78. The van der Waals surface area contributed by atoms with E-state index in [1.54, 1.807) is 6.92 Å². The molecule has 0 amide bonds. The first-order valence-corrected chi connectivity index (χ1v) is 6.70. The zero-order chi connectivity index (χ0) is 13.0. The van der Waals surface area contributed by atoms with Crippen LogP contribution in [0.1, 0.15) is 44.1 Å². The van der Waals surface area contributed by atoms with E-state index in [4.69, 9.17) is 5.11 Å². The standard InChI is InChI=1S/C15H21NO2/c1-11(15(17)18)16-14-9-7-13(8-10-14)12-5-3-2-4-6-12/h2-6,11,13-14,16H,7-10H2,1H3,(H,17,18)/t11-,13?,14?/m1/s1. The van der Waals surface area contributed by atoms with Gasteiger partial charge in [-0.1, -0.05) is 30.3 Å². The third-order valence-corrected chi connectivity index (χ3v) is 3.85. The average molecular weight is 247 g/mol. The highest BCUT2D eigenvalue weighted by Crippen LogP contribution is 2.32. The number of aliphatic carboxylic acids is 1. The number of hydrogen-bond acceptors (Lipinski definition) is 2. The number of carboxylic acid groups (broad SMARTS) is 1. The minimum atomic E-state index is -0.764. The van der Waals surface area contributed by atoms with Crippen LogP contribution in [0, 0.1) is 0 Å². The highest BCUT2D eigenvalue weighted by molar-refractivity contribution is 5.72. The van der Waals surface area contributed by atoms with Gasteiger partial charge in [-0.15, -0.1) is 0 Å². The molecule has 98 valence electrons. The Morgan fingerprint density at radius 1 is 1.22 bits per heavy atom. The van der Waals surface area contributed by atoms with Gasteiger partial charge in [0.1, 0.15) is 6.04 Å². The Bertz CT molecular complexity index is 383. The first kappa shape index (κ1) is 13.1. The lowest BCUT2D eigenvalue weighted by Crippen LogP contribution is -2.42. The fourth-order valence-electron chi connectivity index (χ4n) is 2.74. The van der Waals surface area contributed by atoms with Gasteiger partial charge in [0.2, 0.25) is 0 Å². The smallest absolute Gasteiger partial charge is 0.320 e. The molecule has 3 nitrogen and oxygen atoms in total. The maximum absolute atomic E-state index is 10.8. The van der Waals surface area contributed by atoms with Crippen LogP contribution in [0.15, 0.2) is 30.3 Å². The largest absolute Gasteiger partial charge is 0.480 e. The van der Waals surface area contributed by atoms with Gasteiger partial charge in [0.05, 0.1) is 0 Å². The average Bonchev–Trinajstić information content (AvgIpc) is 2.40. The molecule has 1 saturated carbocycles. The van der Waals surface area contributed by atoms with Gasteiger partial charge in [-0.2, -0.15) is 0 Å². The molecule has 3 heteroatoms. The van der Waals surface area contributed by atoms with Crippen LogP contribution < -0.4 is 5.32 Å². The fourth-order valence-corrected chi connectivity index (χ4v) is 2.74. The Hall–Kier alpha value is -1.35. The van der Waals surface area contributed by atoms with E-state index < -0.39 is 12.0 Å². The zero-order valence-electron chi connectivity index (χ0n) is 10.8. The monoisotopic (exact) mass is 247 g/mol. The van der Waals surface area contributed by atoms with Crippen molar-refractivity contribution in [3.05, 3.63) is 35.9 Å². The molecule has 0 bridgehead atoms. The summed E-state index contributed by atoms with van der Waals surface area (Å²) in [5.41, 5.74) is 1.42. The van der Waals surface area contributed by atoms with Crippen molar-refractivity contribution in [2.24, 2.45) is 0 Å². The van der Waals surface area contributed by atoms with Crippen molar-refractivity contribution >= 4 is 5.97 Å². The van der Waals surface area contributed by atoms with Gasteiger partial charge >= 0.3 is 5.97 Å². The highest BCUT2D eigenvalue weighted by atomic mass is 16.4. The van der Waals surface area contributed by atoms with E-state index in [-0.39, 0.29) is 0 Å². The van der Waals surface area contributed by atoms with Gasteiger partial charge in [0.25, 0.3) is 0 Å². The summed E-state index contributed by atoms with van der Waals surface area (Å²) in [6.07, 6.45) is 4.43. The van der Waals surface area contributed by atoms with Crippen molar-refractivity contribution in [2.45, 2.75) is 50.6 Å². The van der Waals surface area contributed by atoms with Crippen LogP contribution >= 0.6 is 0 Å². The van der Waals surface area contributed by atoms with Crippen LogP contribution in [-0.2, 0) is 4.79 Å². The molecular formula is C15H21NO2. The highest BCUT2D eigenvalue weighted by Gasteiger charge is 2.24. The van der Waals surface area contributed by atoms with Crippen molar-refractivity contribution in [1.82, 2.24) is 5.32 Å². The van der Waals surface area contributed by atoms with E-state index in [9.17, 15) is 4.79 Å². The van der Waals surface area contributed by atoms with Gasteiger partial charge in [-0.25, -0.2) is 0 Å². The SMILES string of the molecule is C[C@@H](NC1CCC(c2ccccc2)CC1)C(=O)O. The summed E-state index contributed by atoms with van der Waals surface area (Å²) in [6.45, 7) is 1.71. The topological polar surface area (TPSA) is 49.3 Å². The molecule has 1 aliphatic rings. The Kier molecular flexibility index (Phi) is 4.37. The van der Waals surface area contributed by atoms with Crippen LogP contribution in [0.5, 0.6) is 0 Å². The Morgan fingerprint density at radius 2 is 1.83 bits per heavy atom. The summed E-state index contributed by atoms with van der Waals surface area (Å²) >= 11 is 0. The molecule has 2 N–H and O–H groups in total. The van der Waals surface area contributed by atoms with Gasteiger partial charge in [0, 0.05) is 6.04 Å². The molecule has 18 heavy (non-hydrogen) atoms. The molecule has 1 aliphatic carbocycles. The summed E-state index contributed by atoms with van der Waals surface area (Å²) in [7, 11) is 0. The summed E-state index contributed by atoms with van der Waals surface area (Å²) in [4.78, 5) is 10.8. The van der Waals surface area contributed by atoms with E-state index in [2.05, 4.69) is 29.6 Å². The van der Waals surface area contributed by atoms with Crippen LogP contribution in [0.2, 0.25) is 0 Å². The van der Waals surface area contributed by atoms with Crippen LogP contribution in [0.4, 0.5) is 0 Å². The van der Waals surface area contributed by atoms with Gasteiger partial charge in [-0.05, 0) is 44.1 Å². The molecule has 0 saturated heterocycles. The van der Waals surface area contributed by atoms with E-state index in [0.717, 1.165) is 25.7 Å². The lowest BCUT2D eigenvalue weighted by molar-refractivity contribution is -0.139. The van der Waals surface area contributed by atoms with E-state index in [0.29, 0.717) is 12.0 Å². The maximum atomic E-state index is 10.8. The summed E-state index contributed by atoms with van der Waals surface area (Å²) in [6, 6.07) is 10.5. The van der Waals surface area contributed by atoms with E-state index in [1.807, 2.05) is 6.07 Å². The van der Waals surface area contributed by atoms with Crippen molar-refractivity contribution in [3.8, 4) is 0 Å². The number of carbonyl (C=O) groups is 1. The number of nitrogens with one attached hydrogen (secondary N) is 1. The molecule has 1 atom stereocenters. The number of carboxylic acids is 1. The van der Waals surface area contributed by atoms with E-state index >= 15 is 0 Å². The minimum Gasteiger partial charge on any atom is -0.480 e. The zero-order valence-corrected chi connectivity index (χ0v) is 10.8. The first-order chi connectivity index (χ1) is 8.66. The van der Waals surface area contributed by atoms with Crippen LogP contribution in [0.3, 0.4) is 0 Å². The molecule has 0 spiro atoms. The molecule has 0 radical (unpaired) electrons. The Balaban J connectivity index is 1.83. The molecule has 0 aliphatic heterocycles. The second kappa shape index (κ2) is 6.01. The second-order valence-electron chi connectivity index (χ2n) is 5.19. The summed E-state index contributed by atoms with van der Waals surface area (Å²) < 4.78 is 0. The molecule has 0 aromatic heterocycles. The Morgan fingerprint density at radius 3 is 2.39 bits per heavy atom. The maximum Gasteiger partial charge on any atom is 0.320 e. The summed E-state index contributed by atoms with van der Waals surface area (Å²) in [5, 5.41) is 12.1. The third-order valence-electron chi connectivity index (χ3n) is 3.85. The van der Waals surface area contributed by atoms with Gasteiger partial charge in [-0.3, -0.25) is 4.79 Å². The third kappa shape index (κ3) is 3.33. The molecule has 0 heterocycles. The Labute approximate surface area is 108 Å². The molecule has 1 fully saturated rings. The van der Waals surface area contributed by atoms with Crippen molar-refractivity contribution in [1.29, 1.82) is 0 Å². The lowest BCUT2D eigenvalue weighted by Gasteiger charge is -2.30. The van der Waals surface area contributed by atoms with Gasteiger partial charge < -0.3 is 10.4 Å². The van der Waals surface area contributed by atoms with Crippen LogP contribution in [0.25, 0.3) is 0 Å². The molecule has 1 aromatic rings. The number of rotatable bonds is 4. The van der Waals surface area contributed by atoms with Crippen LogP contribution in [-0.4, -0.2) is 23.2 Å². The second-order valence-corrected chi connectivity index (χ2v) is 5.19. The lowest BCUT2D eigenvalue weighted by atomic mass is 9.81. The minimum absolute atomic E-state index is 0.357. The first-order valence-electron chi connectivity index (χ1n) is 6.70. The fraction of sp³-hybridized carbons (Fsp3) is 0.533. The van der Waals surface area contributed by atoms with Crippen molar-refractivity contribution in [2.75, 3.05) is 0 Å². The van der Waals surface area contributed by atoms with Gasteiger partial charge in [0.15, 0.2) is 0 Å². The molecule has 1 aromatic carbocycles. The number of hydrogen-bond donors (Lipinski definition) is 2. The van der Waals surface area contributed by atoms with Crippen molar-refractivity contribution in [3.63, 3.8) is 0 Å². The number of benzene rings is 1. The summed E-state index contributed by atoms with van der Waals surface area (Å²) in [5.74, 6) is -0.121. The normalized spacial score (nSPS) is 25.6. The molecule has 2 rings (SSSR count). The quantitative estimate of drug-likeness (QED) is 0.860. The predicted molar refractivity (Wildman–Crippen MR) is 71.7 cm³/mol.